The molecule has 0 saturated heterocycles. The Morgan fingerprint density at radius 1 is 1.16 bits per heavy atom. The van der Waals surface area contributed by atoms with Crippen molar-refractivity contribution in [2.75, 3.05) is 13.1 Å². The summed E-state index contributed by atoms with van der Waals surface area (Å²) >= 11 is 0. The average molecular weight is 268 g/mol. The van der Waals surface area contributed by atoms with Crippen molar-refractivity contribution < 1.29 is 29.7 Å². The van der Waals surface area contributed by atoms with E-state index in [1.165, 1.54) is 0 Å². The number of rotatable bonds is 5. The number of phenolic OH excluding ortho intramolecular Hbond substituents is 2. The van der Waals surface area contributed by atoms with Crippen LogP contribution in [-0.4, -0.2) is 51.1 Å². The Kier molecular flexibility index (Phi) is 4.30. The van der Waals surface area contributed by atoms with Gasteiger partial charge in [0.25, 0.3) is 5.91 Å². The van der Waals surface area contributed by atoms with Gasteiger partial charge < -0.3 is 26.0 Å². The van der Waals surface area contributed by atoms with Gasteiger partial charge in [-0.3, -0.25) is 14.4 Å². The summed E-state index contributed by atoms with van der Waals surface area (Å²) < 4.78 is 0. The van der Waals surface area contributed by atoms with E-state index in [4.69, 9.17) is 10.8 Å². The third kappa shape index (κ3) is 3.87. The second kappa shape index (κ2) is 5.71. The second-order valence-corrected chi connectivity index (χ2v) is 3.72. The molecule has 0 aromatic heterocycles. The zero-order valence-corrected chi connectivity index (χ0v) is 9.74. The number of benzene rings is 1. The van der Waals surface area contributed by atoms with Gasteiger partial charge in [-0.05, 0) is 18.2 Å². The van der Waals surface area contributed by atoms with Gasteiger partial charge in [-0.15, -0.1) is 0 Å². The van der Waals surface area contributed by atoms with E-state index in [-0.39, 0.29) is 11.3 Å². The Balaban J connectivity index is 3.07. The molecule has 2 amide bonds. The first-order valence-corrected chi connectivity index (χ1v) is 5.12. The molecule has 0 aliphatic carbocycles. The van der Waals surface area contributed by atoms with Gasteiger partial charge >= 0.3 is 5.97 Å². The number of hydrogen-bond acceptors (Lipinski definition) is 5. The number of nitrogens with two attached hydrogens (primary N) is 1. The Labute approximate surface area is 107 Å². The number of carboxylic acid groups (broad SMARTS) is 1. The molecule has 0 aliphatic rings. The molecule has 0 bridgehead atoms. The zero-order valence-electron chi connectivity index (χ0n) is 9.74. The summed E-state index contributed by atoms with van der Waals surface area (Å²) in [6.07, 6.45) is 0. The molecule has 8 heteroatoms. The van der Waals surface area contributed by atoms with E-state index in [2.05, 4.69) is 0 Å². The van der Waals surface area contributed by atoms with Crippen LogP contribution in [0.15, 0.2) is 18.2 Å². The zero-order chi connectivity index (χ0) is 14.6. The number of aliphatic carboxylic acids is 1. The number of carbonyl (C=O) groups is 3. The Morgan fingerprint density at radius 2 is 1.79 bits per heavy atom. The average Bonchev–Trinajstić information content (AvgIpc) is 2.29. The lowest BCUT2D eigenvalue weighted by molar-refractivity contribution is -0.138. The van der Waals surface area contributed by atoms with E-state index in [1.807, 2.05) is 0 Å². The SMILES string of the molecule is NC(=O)CN(CC(=O)O)C(=O)c1cc(O)ccc1O. The minimum atomic E-state index is -1.34. The molecule has 0 radical (unpaired) electrons. The van der Waals surface area contributed by atoms with E-state index in [9.17, 15) is 24.6 Å². The molecular weight excluding hydrogens is 256 g/mol. The monoisotopic (exact) mass is 268 g/mol. The fourth-order valence-electron chi connectivity index (χ4n) is 1.42. The molecule has 0 saturated carbocycles. The van der Waals surface area contributed by atoms with Crippen LogP contribution in [0.1, 0.15) is 10.4 Å². The van der Waals surface area contributed by atoms with Crippen LogP contribution in [0.4, 0.5) is 0 Å². The van der Waals surface area contributed by atoms with Gasteiger partial charge in [-0.2, -0.15) is 0 Å². The quantitative estimate of drug-likeness (QED) is 0.510. The lowest BCUT2D eigenvalue weighted by Crippen LogP contribution is -2.41. The first kappa shape index (κ1) is 14.3. The van der Waals surface area contributed by atoms with Crippen LogP contribution in [0.2, 0.25) is 0 Å². The largest absolute Gasteiger partial charge is 0.508 e. The molecule has 8 nitrogen and oxygen atoms in total. The highest BCUT2D eigenvalue weighted by Crippen LogP contribution is 2.23. The van der Waals surface area contributed by atoms with Gasteiger partial charge in [0.2, 0.25) is 5.91 Å². The maximum Gasteiger partial charge on any atom is 0.323 e. The van der Waals surface area contributed by atoms with Crippen molar-refractivity contribution in [3.8, 4) is 11.5 Å². The molecule has 0 heterocycles. The third-order valence-electron chi connectivity index (χ3n) is 2.17. The van der Waals surface area contributed by atoms with Crippen LogP contribution < -0.4 is 5.73 Å². The number of carbonyl (C=O) groups excluding carboxylic acids is 2. The van der Waals surface area contributed by atoms with Crippen molar-refractivity contribution >= 4 is 17.8 Å². The minimum absolute atomic E-state index is 0.282. The van der Waals surface area contributed by atoms with Crippen molar-refractivity contribution in [2.24, 2.45) is 5.73 Å². The summed E-state index contributed by atoms with van der Waals surface area (Å²) in [6, 6.07) is 3.20. The third-order valence-corrected chi connectivity index (χ3v) is 2.17. The first-order valence-electron chi connectivity index (χ1n) is 5.12. The van der Waals surface area contributed by atoms with Crippen LogP contribution in [-0.2, 0) is 9.59 Å². The smallest absolute Gasteiger partial charge is 0.323 e. The van der Waals surface area contributed by atoms with Crippen LogP contribution in [0.3, 0.4) is 0 Å². The molecule has 0 fully saturated rings. The van der Waals surface area contributed by atoms with Crippen molar-refractivity contribution in [3.05, 3.63) is 23.8 Å². The fourth-order valence-corrected chi connectivity index (χ4v) is 1.42. The molecule has 102 valence electrons. The van der Waals surface area contributed by atoms with Crippen LogP contribution in [0.25, 0.3) is 0 Å². The van der Waals surface area contributed by atoms with Gasteiger partial charge in [0.15, 0.2) is 0 Å². The van der Waals surface area contributed by atoms with Crippen molar-refractivity contribution in [3.63, 3.8) is 0 Å². The number of carboxylic acids is 1. The Morgan fingerprint density at radius 3 is 2.32 bits per heavy atom. The summed E-state index contributed by atoms with van der Waals surface area (Å²) in [5.41, 5.74) is 4.60. The maximum absolute atomic E-state index is 12.0. The second-order valence-electron chi connectivity index (χ2n) is 3.72. The minimum Gasteiger partial charge on any atom is -0.508 e. The fraction of sp³-hybridized carbons (Fsp3) is 0.182. The predicted octanol–water partition coefficient (Wildman–Crippen LogP) is -0.890. The number of hydrogen-bond donors (Lipinski definition) is 4. The van der Waals surface area contributed by atoms with Gasteiger partial charge in [0.1, 0.15) is 24.6 Å². The molecule has 0 unspecified atom stereocenters. The predicted molar refractivity (Wildman–Crippen MR) is 62.5 cm³/mol. The highest BCUT2D eigenvalue weighted by atomic mass is 16.4. The first-order chi connectivity index (χ1) is 8.81. The highest BCUT2D eigenvalue weighted by molar-refractivity contribution is 6.00. The number of nitrogens with zero attached hydrogens (tertiary/aromatic N) is 1. The molecule has 1 rings (SSSR count). The van der Waals surface area contributed by atoms with E-state index in [0.717, 1.165) is 18.2 Å². The lowest BCUT2D eigenvalue weighted by Gasteiger charge is -2.19. The summed E-state index contributed by atoms with van der Waals surface area (Å²) in [6.45, 7) is -1.36. The number of phenols is 2. The van der Waals surface area contributed by atoms with E-state index in [1.54, 1.807) is 0 Å². The van der Waals surface area contributed by atoms with E-state index < -0.39 is 36.6 Å². The molecule has 0 atom stereocenters. The van der Waals surface area contributed by atoms with E-state index in [0.29, 0.717) is 4.90 Å². The standard InChI is InChI=1S/C11H12N2O6/c12-9(16)4-13(5-10(17)18)11(19)7-3-6(14)1-2-8(7)15/h1-3,14-15H,4-5H2,(H2,12,16)(H,17,18). The van der Waals surface area contributed by atoms with Crippen molar-refractivity contribution in [1.82, 2.24) is 4.90 Å². The topological polar surface area (TPSA) is 141 Å². The Bertz CT molecular complexity index is 512. The molecule has 1 aromatic rings. The highest BCUT2D eigenvalue weighted by Gasteiger charge is 2.23. The summed E-state index contributed by atoms with van der Waals surface area (Å²) in [5.74, 6) is -3.88. The molecule has 0 aliphatic heterocycles. The van der Waals surface area contributed by atoms with Gasteiger partial charge in [-0.25, -0.2) is 0 Å². The van der Waals surface area contributed by atoms with Crippen molar-refractivity contribution in [1.29, 1.82) is 0 Å². The molecule has 1 aromatic carbocycles. The normalized spacial score (nSPS) is 9.89. The molecule has 5 N–H and O–H groups in total. The number of amides is 2. The van der Waals surface area contributed by atoms with Gasteiger partial charge in [0.05, 0.1) is 5.56 Å². The lowest BCUT2D eigenvalue weighted by atomic mass is 10.1. The van der Waals surface area contributed by atoms with Gasteiger partial charge in [0, 0.05) is 0 Å². The maximum atomic E-state index is 12.0. The molecule has 19 heavy (non-hydrogen) atoms. The summed E-state index contributed by atoms with van der Waals surface area (Å²) in [5, 5.41) is 27.4. The van der Waals surface area contributed by atoms with Crippen molar-refractivity contribution in [2.45, 2.75) is 0 Å². The van der Waals surface area contributed by atoms with Crippen LogP contribution in [0, 0.1) is 0 Å². The number of aromatic hydroxyl groups is 2. The summed E-state index contributed by atoms with van der Waals surface area (Å²) in [7, 11) is 0. The summed E-state index contributed by atoms with van der Waals surface area (Å²) in [4.78, 5) is 34.0. The van der Waals surface area contributed by atoms with Crippen LogP contribution in [0.5, 0.6) is 11.5 Å². The van der Waals surface area contributed by atoms with Gasteiger partial charge in [-0.1, -0.05) is 0 Å². The van der Waals surface area contributed by atoms with Crippen LogP contribution >= 0.6 is 0 Å². The molecular formula is C11H12N2O6. The van der Waals surface area contributed by atoms with E-state index >= 15 is 0 Å². The Hall–Kier alpha value is -2.77. The number of primary amides is 1. The molecule has 0 spiro atoms.